The van der Waals surface area contributed by atoms with Crippen molar-refractivity contribution in [3.8, 4) is 5.69 Å². The van der Waals surface area contributed by atoms with Crippen LogP contribution in [0.25, 0.3) is 11.8 Å². The van der Waals surface area contributed by atoms with Gasteiger partial charge < -0.3 is 10.2 Å². The van der Waals surface area contributed by atoms with Gasteiger partial charge in [0.05, 0.1) is 17.5 Å². The smallest absolute Gasteiger partial charge is 0.287 e. The van der Waals surface area contributed by atoms with E-state index in [0.717, 1.165) is 11.8 Å². The Labute approximate surface area is 224 Å². The van der Waals surface area contributed by atoms with Crippen LogP contribution >= 0.6 is 0 Å². The molecule has 0 saturated carbocycles. The second-order valence-corrected chi connectivity index (χ2v) is 8.83. The van der Waals surface area contributed by atoms with E-state index in [2.05, 4.69) is 20.9 Å². The van der Waals surface area contributed by atoms with Gasteiger partial charge in [-0.3, -0.25) is 19.5 Å². The SMILES string of the molecule is Cc1[nH]n(-c2ccccc2)c(=O)c1C=NNC(=O)C(=Cc1ccc(N(C)C)cc1)NC(=O)c1cccc(F)c1. The fourth-order valence-electron chi connectivity index (χ4n) is 3.70. The zero-order valence-electron chi connectivity index (χ0n) is 21.6. The van der Waals surface area contributed by atoms with E-state index in [1.165, 1.54) is 35.2 Å². The van der Waals surface area contributed by atoms with Crippen LogP contribution in [0.5, 0.6) is 0 Å². The van der Waals surface area contributed by atoms with Crippen molar-refractivity contribution in [1.82, 2.24) is 20.5 Å². The number of nitrogens with zero attached hydrogens (tertiary/aromatic N) is 3. The third-order valence-corrected chi connectivity index (χ3v) is 5.79. The molecule has 198 valence electrons. The van der Waals surface area contributed by atoms with Crippen molar-refractivity contribution >= 4 is 29.8 Å². The summed E-state index contributed by atoms with van der Waals surface area (Å²) in [5, 5.41) is 9.46. The van der Waals surface area contributed by atoms with Gasteiger partial charge in [0.15, 0.2) is 0 Å². The molecule has 9 nitrogen and oxygen atoms in total. The maximum Gasteiger partial charge on any atom is 0.287 e. The Balaban J connectivity index is 1.58. The number of carbonyl (C=O) groups is 2. The molecule has 0 bridgehead atoms. The van der Waals surface area contributed by atoms with Crippen LogP contribution in [-0.2, 0) is 4.79 Å². The molecule has 4 rings (SSSR count). The van der Waals surface area contributed by atoms with E-state index in [9.17, 15) is 18.8 Å². The van der Waals surface area contributed by atoms with Crippen molar-refractivity contribution in [2.75, 3.05) is 19.0 Å². The molecule has 0 unspecified atom stereocenters. The average molecular weight is 527 g/mol. The molecule has 4 aromatic rings. The highest BCUT2D eigenvalue weighted by Gasteiger charge is 2.16. The summed E-state index contributed by atoms with van der Waals surface area (Å²) in [6, 6.07) is 21.5. The van der Waals surface area contributed by atoms with Crippen LogP contribution in [0, 0.1) is 12.7 Å². The van der Waals surface area contributed by atoms with Gasteiger partial charge in [0, 0.05) is 31.0 Å². The van der Waals surface area contributed by atoms with Crippen molar-refractivity contribution in [3.05, 3.63) is 123 Å². The van der Waals surface area contributed by atoms with Crippen molar-refractivity contribution in [1.29, 1.82) is 0 Å². The number of rotatable bonds is 8. The van der Waals surface area contributed by atoms with Gasteiger partial charge in [0.2, 0.25) is 0 Å². The van der Waals surface area contributed by atoms with Crippen molar-refractivity contribution in [2.45, 2.75) is 6.92 Å². The molecule has 0 saturated heterocycles. The fraction of sp³-hybridized carbons (Fsp3) is 0.103. The highest BCUT2D eigenvalue weighted by atomic mass is 19.1. The third-order valence-electron chi connectivity index (χ3n) is 5.79. The molecule has 1 heterocycles. The van der Waals surface area contributed by atoms with Gasteiger partial charge in [-0.15, -0.1) is 0 Å². The predicted octanol–water partition coefficient (Wildman–Crippen LogP) is 3.60. The Morgan fingerprint density at radius 3 is 2.38 bits per heavy atom. The number of amides is 2. The zero-order valence-corrected chi connectivity index (χ0v) is 21.6. The lowest BCUT2D eigenvalue weighted by molar-refractivity contribution is -0.117. The molecular formula is C29H27FN6O3. The van der Waals surface area contributed by atoms with Gasteiger partial charge >= 0.3 is 0 Å². The topological polar surface area (TPSA) is 112 Å². The molecule has 0 aliphatic carbocycles. The maximum atomic E-state index is 13.6. The van der Waals surface area contributed by atoms with Gasteiger partial charge in [-0.05, 0) is 61.0 Å². The average Bonchev–Trinajstić information content (AvgIpc) is 3.21. The minimum absolute atomic E-state index is 0.0459. The second-order valence-electron chi connectivity index (χ2n) is 8.83. The van der Waals surface area contributed by atoms with Crippen molar-refractivity contribution in [2.24, 2.45) is 5.10 Å². The van der Waals surface area contributed by atoms with E-state index < -0.39 is 17.6 Å². The highest BCUT2D eigenvalue weighted by Crippen LogP contribution is 2.15. The van der Waals surface area contributed by atoms with E-state index in [1.807, 2.05) is 49.3 Å². The van der Waals surface area contributed by atoms with Crippen LogP contribution in [0.3, 0.4) is 0 Å². The van der Waals surface area contributed by atoms with Gasteiger partial charge in [-0.2, -0.15) is 5.10 Å². The lowest BCUT2D eigenvalue weighted by atomic mass is 10.1. The zero-order chi connectivity index (χ0) is 27.9. The summed E-state index contributed by atoms with van der Waals surface area (Å²) in [6.07, 6.45) is 2.72. The largest absolute Gasteiger partial charge is 0.378 e. The van der Waals surface area contributed by atoms with Crippen LogP contribution in [0.4, 0.5) is 10.1 Å². The molecule has 39 heavy (non-hydrogen) atoms. The summed E-state index contributed by atoms with van der Waals surface area (Å²) in [5.74, 6) is -1.98. The first-order valence-corrected chi connectivity index (χ1v) is 12.0. The monoisotopic (exact) mass is 526 g/mol. The first-order chi connectivity index (χ1) is 18.7. The molecule has 10 heteroatoms. The van der Waals surface area contributed by atoms with Crippen LogP contribution in [0.2, 0.25) is 0 Å². The predicted molar refractivity (Wildman–Crippen MR) is 149 cm³/mol. The summed E-state index contributed by atoms with van der Waals surface area (Å²) in [4.78, 5) is 40.6. The summed E-state index contributed by atoms with van der Waals surface area (Å²) in [7, 11) is 3.81. The molecule has 2 amide bonds. The van der Waals surface area contributed by atoms with E-state index in [-0.39, 0.29) is 22.4 Å². The minimum Gasteiger partial charge on any atom is -0.378 e. The molecule has 3 N–H and O–H groups in total. The molecule has 0 spiro atoms. The number of aryl methyl sites for hydroxylation is 1. The molecule has 3 aromatic carbocycles. The number of para-hydroxylation sites is 1. The second kappa shape index (κ2) is 11.9. The number of hydrogen-bond acceptors (Lipinski definition) is 5. The fourth-order valence-corrected chi connectivity index (χ4v) is 3.70. The number of benzene rings is 3. The maximum absolute atomic E-state index is 13.6. The van der Waals surface area contributed by atoms with Crippen molar-refractivity contribution < 1.29 is 14.0 Å². The summed E-state index contributed by atoms with van der Waals surface area (Å²) in [6.45, 7) is 1.71. The lowest BCUT2D eigenvalue weighted by Crippen LogP contribution is -2.33. The first kappa shape index (κ1) is 26.8. The van der Waals surface area contributed by atoms with E-state index >= 15 is 0 Å². The van der Waals surface area contributed by atoms with Gasteiger partial charge in [-0.25, -0.2) is 14.5 Å². The Morgan fingerprint density at radius 1 is 1.00 bits per heavy atom. The first-order valence-electron chi connectivity index (χ1n) is 12.0. The van der Waals surface area contributed by atoms with Crippen molar-refractivity contribution in [3.63, 3.8) is 0 Å². The number of nitrogens with one attached hydrogen (secondary N) is 3. The molecule has 0 atom stereocenters. The van der Waals surface area contributed by atoms with E-state index in [4.69, 9.17) is 0 Å². The number of aromatic amines is 1. The number of H-pyrrole nitrogens is 1. The van der Waals surface area contributed by atoms with Crippen LogP contribution in [-0.4, -0.2) is 41.9 Å². The molecule has 1 aromatic heterocycles. The standard InChI is InChI=1S/C29H27FN6O3/c1-19-25(29(39)36(34-19)24-10-5-4-6-11-24)18-31-33-28(38)26(16-20-12-14-23(15-13-20)35(2)3)32-27(37)21-8-7-9-22(30)17-21/h4-18,34H,1-3H3,(H,32,37)(H,33,38). The molecule has 0 aliphatic heterocycles. The van der Waals surface area contributed by atoms with Gasteiger partial charge in [0.1, 0.15) is 11.5 Å². The molecule has 0 aliphatic rings. The van der Waals surface area contributed by atoms with E-state index in [0.29, 0.717) is 16.9 Å². The number of hydrazone groups is 1. The van der Waals surface area contributed by atoms with Gasteiger partial charge in [-0.1, -0.05) is 36.4 Å². The van der Waals surface area contributed by atoms with E-state index in [1.54, 1.807) is 31.2 Å². The normalized spacial score (nSPS) is 11.4. The molecule has 0 fully saturated rings. The van der Waals surface area contributed by atoms with Gasteiger partial charge in [0.25, 0.3) is 17.4 Å². The Morgan fingerprint density at radius 2 is 1.72 bits per heavy atom. The summed E-state index contributed by atoms with van der Waals surface area (Å²) >= 11 is 0. The number of aromatic nitrogens is 2. The minimum atomic E-state index is -0.732. The number of halogens is 1. The Kier molecular flexibility index (Phi) is 8.15. The quantitative estimate of drug-likeness (QED) is 0.185. The summed E-state index contributed by atoms with van der Waals surface area (Å²) < 4.78 is 15.0. The molecule has 0 radical (unpaired) electrons. The molecular weight excluding hydrogens is 499 g/mol. The third kappa shape index (κ3) is 6.55. The Hall–Kier alpha value is -5.25. The number of carbonyl (C=O) groups excluding carboxylic acids is 2. The summed E-state index contributed by atoms with van der Waals surface area (Å²) in [5.41, 5.74) is 5.00. The van der Waals surface area contributed by atoms with Crippen LogP contribution in [0.1, 0.15) is 27.2 Å². The number of anilines is 1. The lowest BCUT2D eigenvalue weighted by Gasteiger charge is -2.12. The van der Waals surface area contributed by atoms with Crippen LogP contribution in [0.15, 0.2) is 94.5 Å². The van der Waals surface area contributed by atoms with Crippen LogP contribution < -0.4 is 21.2 Å². The highest BCUT2D eigenvalue weighted by molar-refractivity contribution is 6.05. The Bertz CT molecular complexity index is 1600. The number of hydrogen-bond donors (Lipinski definition) is 3.